The fourth-order valence-corrected chi connectivity index (χ4v) is 4.04. The largest absolute Gasteiger partial charge is 0.507 e. The van der Waals surface area contributed by atoms with Gasteiger partial charge in [-0.1, -0.05) is 6.07 Å². The number of hydrogen-bond donors (Lipinski definition) is 1. The van der Waals surface area contributed by atoms with Crippen LogP contribution in [0.25, 0.3) is 5.76 Å². The lowest BCUT2D eigenvalue weighted by Gasteiger charge is -2.24. The third kappa shape index (κ3) is 3.51. The molecule has 2 heterocycles. The molecule has 1 amide bonds. The minimum atomic E-state index is -0.917. The molecule has 1 saturated heterocycles. The zero-order valence-corrected chi connectivity index (χ0v) is 18.2. The zero-order valence-electron chi connectivity index (χ0n) is 18.2. The predicted molar refractivity (Wildman–Crippen MR) is 119 cm³/mol. The van der Waals surface area contributed by atoms with Gasteiger partial charge in [0.05, 0.1) is 26.1 Å². The van der Waals surface area contributed by atoms with E-state index in [1.807, 2.05) is 32.0 Å². The molecule has 1 unspecified atom stereocenters. The number of nitrogens with zero attached hydrogens (tertiary/aromatic N) is 1. The van der Waals surface area contributed by atoms with Gasteiger partial charge in [-0.3, -0.25) is 14.5 Å². The summed E-state index contributed by atoms with van der Waals surface area (Å²) in [5.74, 6) is -0.629. The van der Waals surface area contributed by atoms with Gasteiger partial charge in [-0.2, -0.15) is 0 Å². The lowest BCUT2D eigenvalue weighted by atomic mass is 9.98. The van der Waals surface area contributed by atoms with Crippen LogP contribution < -0.4 is 14.4 Å². The highest BCUT2D eigenvalue weighted by molar-refractivity contribution is 6.51. The third-order valence-electron chi connectivity index (χ3n) is 5.40. The predicted octanol–water partition coefficient (Wildman–Crippen LogP) is 4.54. The van der Waals surface area contributed by atoms with Gasteiger partial charge in [-0.15, -0.1) is 0 Å². The highest BCUT2D eigenvalue weighted by Crippen LogP contribution is 2.43. The molecule has 7 heteroatoms. The molecule has 1 aliphatic rings. The number of aliphatic hydroxyl groups is 1. The minimum Gasteiger partial charge on any atom is -0.507 e. The molecule has 7 nitrogen and oxygen atoms in total. The molecule has 0 aliphatic carbocycles. The number of hydrogen-bond acceptors (Lipinski definition) is 6. The van der Waals surface area contributed by atoms with Crippen LogP contribution in [-0.4, -0.2) is 31.0 Å². The average Bonchev–Trinajstić information content (AvgIpc) is 3.39. The number of ketones is 1. The molecule has 164 valence electrons. The average molecular weight is 433 g/mol. The van der Waals surface area contributed by atoms with E-state index >= 15 is 0 Å². The maximum absolute atomic E-state index is 13.2. The molecule has 2 aromatic carbocycles. The molecule has 3 aromatic rings. The Kier molecular flexibility index (Phi) is 5.48. The Hall–Kier alpha value is -4.00. The Bertz CT molecular complexity index is 1200. The second kappa shape index (κ2) is 8.26. The topological polar surface area (TPSA) is 89.2 Å². The molecule has 1 aromatic heterocycles. The number of benzene rings is 2. The van der Waals surface area contributed by atoms with Crippen LogP contribution in [0, 0.1) is 13.8 Å². The molecule has 1 N–H and O–H groups in total. The summed E-state index contributed by atoms with van der Waals surface area (Å²) in [6.07, 6.45) is 1.47. The first-order valence-corrected chi connectivity index (χ1v) is 10.0. The number of carbonyl (C=O) groups excluding carboxylic acids is 2. The standard InChI is InChI=1S/C25H23NO6/c1-14-10-15(2)12-17(11-14)26-22(19-6-5-9-32-19)21(24(28)25(26)29)23(27)16-7-8-18(30-3)20(13-16)31-4/h5-13,22,27H,1-4H3/b23-21-. The van der Waals surface area contributed by atoms with Crippen molar-refractivity contribution < 1.29 is 28.6 Å². The van der Waals surface area contributed by atoms with E-state index in [1.54, 1.807) is 30.3 Å². The van der Waals surface area contributed by atoms with Crippen LogP contribution in [0.5, 0.6) is 11.5 Å². The van der Waals surface area contributed by atoms with E-state index < -0.39 is 17.7 Å². The van der Waals surface area contributed by atoms with Crippen molar-refractivity contribution >= 4 is 23.1 Å². The molecule has 1 fully saturated rings. The van der Waals surface area contributed by atoms with Crippen LogP contribution in [0.1, 0.15) is 28.5 Å². The zero-order chi connectivity index (χ0) is 23.0. The van der Waals surface area contributed by atoms with Crippen molar-refractivity contribution in [1.82, 2.24) is 0 Å². The van der Waals surface area contributed by atoms with Crippen molar-refractivity contribution in [3.05, 3.63) is 82.8 Å². The number of anilines is 1. The van der Waals surface area contributed by atoms with Crippen LogP contribution in [-0.2, 0) is 9.59 Å². The van der Waals surface area contributed by atoms with Crippen molar-refractivity contribution in [3.8, 4) is 11.5 Å². The number of carbonyl (C=O) groups is 2. The van der Waals surface area contributed by atoms with Crippen molar-refractivity contribution in [3.63, 3.8) is 0 Å². The van der Waals surface area contributed by atoms with E-state index in [0.717, 1.165) is 11.1 Å². The van der Waals surface area contributed by atoms with Gasteiger partial charge >= 0.3 is 0 Å². The van der Waals surface area contributed by atoms with E-state index in [2.05, 4.69) is 0 Å². The number of aryl methyl sites for hydroxylation is 2. The van der Waals surface area contributed by atoms with E-state index in [-0.39, 0.29) is 11.3 Å². The van der Waals surface area contributed by atoms with Gasteiger partial charge in [0, 0.05) is 11.3 Å². The molecule has 0 radical (unpaired) electrons. The van der Waals surface area contributed by atoms with Gasteiger partial charge in [0.25, 0.3) is 11.7 Å². The molecule has 32 heavy (non-hydrogen) atoms. The summed E-state index contributed by atoms with van der Waals surface area (Å²) in [5.41, 5.74) is 2.70. The number of Topliss-reactive ketones (excluding diaryl/α,β-unsaturated/α-hetero) is 1. The molecular formula is C25H23NO6. The monoisotopic (exact) mass is 433 g/mol. The summed E-state index contributed by atoms with van der Waals surface area (Å²) in [7, 11) is 2.98. The molecule has 0 saturated carbocycles. The van der Waals surface area contributed by atoms with Crippen LogP contribution in [0.4, 0.5) is 5.69 Å². The smallest absolute Gasteiger partial charge is 0.300 e. The minimum absolute atomic E-state index is 0.0590. The highest BCUT2D eigenvalue weighted by atomic mass is 16.5. The van der Waals surface area contributed by atoms with E-state index in [0.29, 0.717) is 28.5 Å². The fraction of sp³-hybridized carbons (Fsp3) is 0.200. The Morgan fingerprint density at radius 1 is 0.969 bits per heavy atom. The summed E-state index contributed by atoms with van der Waals surface area (Å²) >= 11 is 0. The second-order valence-electron chi connectivity index (χ2n) is 7.60. The van der Waals surface area contributed by atoms with E-state index in [1.165, 1.54) is 25.4 Å². The first-order valence-electron chi connectivity index (χ1n) is 10.0. The van der Waals surface area contributed by atoms with Gasteiger partial charge in [0.2, 0.25) is 0 Å². The number of furan rings is 1. The van der Waals surface area contributed by atoms with Gasteiger partial charge in [-0.05, 0) is 67.4 Å². The van der Waals surface area contributed by atoms with Crippen LogP contribution >= 0.6 is 0 Å². The first-order chi connectivity index (χ1) is 15.3. The van der Waals surface area contributed by atoms with Crippen LogP contribution in [0.2, 0.25) is 0 Å². The van der Waals surface area contributed by atoms with Gasteiger partial charge in [-0.25, -0.2) is 0 Å². The fourth-order valence-electron chi connectivity index (χ4n) is 4.04. The SMILES string of the molecule is COc1ccc(/C(O)=C2/C(=O)C(=O)N(c3cc(C)cc(C)c3)C2c2ccco2)cc1OC. The maximum Gasteiger partial charge on any atom is 0.300 e. The number of aliphatic hydroxyl groups excluding tert-OH is 1. The van der Waals surface area contributed by atoms with Gasteiger partial charge < -0.3 is 19.0 Å². The van der Waals surface area contributed by atoms with Crippen molar-refractivity contribution in [2.45, 2.75) is 19.9 Å². The summed E-state index contributed by atoms with van der Waals surface area (Å²) in [5, 5.41) is 11.2. The lowest BCUT2D eigenvalue weighted by molar-refractivity contribution is -0.132. The number of rotatable bonds is 5. The molecule has 1 atom stereocenters. The number of amides is 1. The summed E-state index contributed by atoms with van der Waals surface area (Å²) < 4.78 is 16.1. The molecule has 0 bridgehead atoms. The van der Waals surface area contributed by atoms with Crippen molar-refractivity contribution in [2.75, 3.05) is 19.1 Å². The Morgan fingerprint density at radius 2 is 1.66 bits per heavy atom. The Balaban J connectivity index is 1.93. The van der Waals surface area contributed by atoms with Crippen molar-refractivity contribution in [1.29, 1.82) is 0 Å². The lowest BCUT2D eigenvalue weighted by Crippen LogP contribution is -2.29. The van der Waals surface area contributed by atoms with E-state index in [4.69, 9.17) is 13.9 Å². The number of methoxy groups -OCH3 is 2. The maximum atomic E-state index is 13.2. The Morgan fingerprint density at radius 3 is 2.25 bits per heavy atom. The van der Waals surface area contributed by atoms with Gasteiger partial charge in [0.15, 0.2) is 11.5 Å². The molecule has 0 spiro atoms. The summed E-state index contributed by atoms with van der Waals surface area (Å²) in [6.45, 7) is 3.83. The molecule has 1 aliphatic heterocycles. The van der Waals surface area contributed by atoms with Crippen molar-refractivity contribution in [2.24, 2.45) is 0 Å². The third-order valence-corrected chi connectivity index (χ3v) is 5.40. The Labute approximate surface area is 185 Å². The van der Waals surface area contributed by atoms with Crippen LogP contribution in [0.3, 0.4) is 0 Å². The molecule has 4 rings (SSSR count). The summed E-state index contributed by atoms with van der Waals surface area (Å²) in [4.78, 5) is 27.7. The normalized spacial score (nSPS) is 17.6. The first kappa shape index (κ1) is 21.2. The second-order valence-corrected chi connectivity index (χ2v) is 7.60. The summed E-state index contributed by atoms with van der Waals surface area (Å²) in [6, 6.07) is 12.8. The number of ether oxygens (including phenoxy) is 2. The quantitative estimate of drug-likeness (QED) is 0.361. The molecular weight excluding hydrogens is 410 g/mol. The van der Waals surface area contributed by atoms with Crippen LogP contribution in [0.15, 0.2) is 64.8 Å². The van der Waals surface area contributed by atoms with Gasteiger partial charge in [0.1, 0.15) is 17.6 Å². The highest BCUT2D eigenvalue weighted by Gasteiger charge is 2.48. The van der Waals surface area contributed by atoms with E-state index in [9.17, 15) is 14.7 Å².